The molecule has 1 unspecified atom stereocenters. The highest BCUT2D eigenvalue weighted by atomic mass is 19.1. The third kappa shape index (κ3) is 4.12. The Balaban J connectivity index is 2.79. The SMILES string of the molecule is CCN(CC)CCC(NN)c1ccnc(OC)c1F. The Morgan fingerprint density at radius 3 is 2.68 bits per heavy atom. The van der Waals surface area contributed by atoms with Crippen molar-refractivity contribution in [3.8, 4) is 5.88 Å². The van der Waals surface area contributed by atoms with Gasteiger partial charge in [-0.1, -0.05) is 13.8 Å². The van der Waals surface area contributed by atoms with Crippen LogP contribution in [0.2, 0.25) is 0 Å². The quantitative estimate of drug-likeness (QED) is 0.553. The zero-order valence-electron chi connectivity index (χ0n) is 11.8. The molecule has 0 aliphatic heterocycles. The highest BCUT2D eigenvalue weighted by molar-refractivity contribution is 5.26. The Hall–Kier alpha value is -1.24. The van der Waals surface area contributed by atoms with E-state index in [9.17, 15) is 4.39 Å². The summed E-state index contributed by atoms with van der Waals surface area (Å²) in [6.45, 7) is 6.99. The predicted molar refractivity (Wildman–Crippen MR) is 73.2 cm³/mol. The minimum absolute atomic E-state index is 0.000546. The first-order valence-electron chi connectivity index (χ1n) is 6.54. The topological polar surface area (TPSA) is 63.4 Å². The van der Waals surface area contributed by atoms with Crippen molar-refractivity contribution >= 4 is 0 Å². The molecule has 0 spiro atoms. The fraction of sp³-hybridized carbons (Fsp3) is 0.615. The molecule has 0 fully saturated rings. The minimum Gasteiger partial charge on any atom is -0.479 e. The summed E-state index contributed by atoms with van der Waals surface area (Å²) in [7, 11) is 1.40. The lowest BCUT2D eigenvalue weighted by molar-refractivity contribution is 0.279. The Labute approximate surface area is 113 Å². The zero-order valence-corrected chi connectivity index (χ0v) is 11.8. The molecule has 108 valence electrons. The Kier molecular flexibility index (Phi) is 6.69. The Bertz CT molecular complexity index is 385. The first-order valence-corrected chi connectivity index (χ1v) is 6.54. The highest BCUT2D eigenvalue weighted by Crippen LogP contribution is 2.24. The van der Waals surface area contributed by atoms with E-state index >= 15 is 0 Å². The van der Waals surface area contributed by atoms with E-state index in [0.717, 1.165) is 26.1 Å². The maximum atomic E-state index is 14.1. The van der Waals surface area contributed by atoms with E-state index in [4.69, 9.17) is 10.6 Å². The van der Waals surface area contributed by atoms with Crippen molar-refractivity contribution in [3.63, 3.8) is 0 Å². The van der Waals surface area contributed by atoms with Gasteiger partial charge < -0.3 is 9.64 Å². The number of hydrogen-bond donors (Lipinski definition) is 2. The predicted octanol–water partition coefficient (Wildman–Crippen LogP) is 1.47. The molecule has 0 bridgehead atoms. The third-order valence-corrected chi connectivity index (χ3v) is 3.29. The highest BCUT2D eigenvalue weighted by Gasteiger charge is 2.18. The second kappa shape index (κ2) is 8.04. The molecular formula is C13H23FN4O. The van der Waals surface area contributed by atoms with Gasteiger partial charge in [-0.05, 0) is 32.1 Å². The molecule has 0 saturated carbocycles. The molecule has 0 saturated heterocycles. The van der Waals surface area contributed by atoms with Crippen molar-refractivity contribution in [3.05, 3.63) is 23.6 Å². The summed E-state index contributed by atoms with van der Waals surface area (Å²) in [4.78, 5) is 6.09. The lowest BCUT2D eigenvalue weighted by atomic mass is 10.0. The van der Waals surface area contributed by atoms with Gasteiger partial charge in [0.05, 0.1) is 13.2 Å². The number of aromatic nitrogens is 1. The molecule has 0 amide bonds. The van der Waals surface area contributed by atoms with E-state index in [1.165, 1.54) is 13.3 Å². The van der Waals surface area contributed by atoms with Gasteiger partial charge in [-0.25, -0.2) is 9.37 Å². The number of pyridine rings is 1. The van der Waals surface area contributed by atoms with Gasteiger partial charge in [-0.15, -0.1) is 0 Å². The van der Waals surface area contributed by atoms with Gasteiger partial charge in [0, 0.05) is 11.8 Å². The molecule has 1 heterocycles. The zero-order chi connectivity index (χ0) is 14.3. The van der Waals surface area contributed by atoms with Crippen molar-refractivity contribution in [2.75, 3.05) is 26.7 Å². The summed E-state index contributed by atoms with van der Waals surface area (Å²) in [5, 5.41) is 0. The number of nitrogens with zero attached hydrogens (tertiary/aromatic N) is 2. The Morgan fingerprint density at radius 2 is 2.16 bits per heavy atom. The van der Waals surface area contributed by atoms with Crippen LogP contribution in [0, 0.1) is 5.82 Å². The van der Waals surface area contributed by atoms with Gasteiger partial charge in [-0.2, -0.15) is 0 Å². The van der Waals surface area contributed by atoms with Crippen LogP contribution in [0.15, 0.2) is 12.3 Å². The van der Waals surface area contributed by atoms with E-state index in [1.54, 1.807) is 6.07 Å². The summed E-state index contributed by atoms with van der Waals surface area (Å²) in [6.07, 6.45) is 2.25. The number of rotatable bonds is 8. The van der Waals surface area contributed by atoms with Gasteiger partial charge in [0.2, 0.25) is 5.88 Å². The fourth-order valence-corrected chi connectivity index (χ4v) is 2.03. The van der Waals surface area contributed by atoms with Gasteiger partial charge in [0.25, 0.3) is 0 Å². The minimum atomic E-state index is -0.451. The molecule has 1 aromatic rings. The van der Waals surface area contributed by atoms with E-state index in [0.29, 0.717) is 5.56 Å². The van der Waals surface area contributed by atoms with Crippen molar-refractivity contribution in [1.29, 1.82) is 0 Å². The smallest absolute Gasteiger partial charge is 0.250 e. The molecule has 3 N–H and O–H groups in total. The van der Waals surface area contributed by atoms with Gasteiger partial charge in [0.15, 0.2) is 5.82 Å². The summed E-state index contributed by atoms with van der Waals surface area (Å²) in [6, 6.07) is 1.38. The number of nitrogens with one attached hydrogen (secondary N) is 1. The van der Waals surface area contributed by atoms with Crippen LogP contribution in [-0.2, 0) is 0 Å². The molecule has 1 rings (SSSR count). The van der Waals surface area contributed by atoms with Crippen LogP contribution in [0.4, 0.5) is 4.39 Å². The van der Waals surface area contributed by atoms with Crippen LogP contribution in [0.25, 0.3) is 0 Å². The van der Waals surface area contributed by atoms with Crippen LogP contribution in [0.3, 0.4) is 0 Å². The lowest BCUT2D eigenvalue weighted by Crippen LogP contribution is -2.33. The molecule has 5 nitrogen and oxygen atoms in total. The summed E-state index contributed by atoms with van der Waals surface area (Å²) < 4.78 is 19.0. The van der Waals surface area contributed by atoms with Crippen molar-refractivity contribution in [1.82, 2.24) is 15.3 Å². The van der Waals surface area contributed by atoms with Gasteiger partial charge in [-0.3, -0.25) is 11.3 Å². The molecular weight excluding hydrogens is 247 g/mol. The van der Waals surface area contributed by atoms with E-state index in [-0.39, 0.29) is 11.9 Å². The summed E-state index contributed by atoms with van der Waals surface area (Å²) >= 11 is 0. The third-order valence-electron chi connectivity index (χ3n) is 3.29. The van der Waals surface area contributed by atoms with E-state index in [1.807, 2.05) is 0 Å². The van der Waals surface area contributed by atoms with Crippen LogP contribution >= 0.6 is 0 Å². The van der Waals surface area contributed by atoms with Crippen LogP contribution in [-0.4, -0.2) is 36.6 Å². The van der Waals surface area contributed by atoms with E-state index in [2.05, 4.69) is 29.2 Å². The van der Waals surface area contributed by atoms with Gasteiger partial charge >= 0.3 is 0 Å². The number of methoxy groups -OCH3 is 1. The van der Waals surface area contributed by atoms with Crippen LogP contribution in [0.5, 0.6) is 5.88 Å². The second-order valence-corrected chi connectivity index (χ2v) is 4.26. The lowest BCUT2D eigenvalue weighted by Gasteiger charge is -2.23. The number of ether oxygens (including phenoxy) is 1. The van der Waals surface area contributed by atoms with Crippen LogP contribution in [0.1, 0.15) is 31.9 Å². The maximum Gasteiger partial charge on any atom is 0.250 e. The van der Waals surface area contributed by atoms with Crippen LogP contribution < -0.4 is 16.0 Å². The molecule has 0 aliphatic carbocycles. The normalized spacial score (nSPS) is 12.7. The molecule has 19 heavy (non-hydrogen) atoms. The molecule has 0 radical (unpaired) electrons. The molecule has 0 aromatic carbocycles. The van der Waals surface area contributed by atoms with Gasteiger partial charge in [0.1, 0.15) is 0 Å². The van der Waals surface area contributed by atoms with Crippen molar-refractivity contribution in [2.45, 2.75) is 26.3 Å². The number of halogens is 1. The number of hydrogen-bond acceptors (Lipinski definition) is 5. The maximum absolute atomic E-state index is 14.1. The molecule has 6 heteroatoms. The number of nitrogens with two attached hydrogens (primary N) is 1. The van der Waals surface area contributed by atoms with Crippen molar-refractivity contribution in [2.24, 2.45) is 5.84 Å². The molecule has 0 aliphatic rings. The Morgan fingerprint density at radius 1 is 1.47 bits per heavy atom. The first kappa shape index (κ1) is 15.8. The average molecular weight is 270 g/mol. The molecule has 1 atom stereocenters. The second-order valence-electron chi connectivity index (χ2n) is 4.26. The summed E-state index contributed by atoms with van der Waals surface area (Å²) in [5.41, 5.74) is 3.15. The monoisotopic (exact) mass is 270 g/mol. The fourth-order valence-electron chi connectivity index (χ4n) is 2.03. The van der Waals surface area contributed by atoms with Crippen molar-refractivity contribution < 1.29 is 9.13 Å². The summed E-state index contributed by atoms with van der Waals surface area (Å²) in [5.74, 6) is 5.09. The number of hydrazine groups is 1. The molecule has 1 aromatic heterocycles. The first-order chi connectivity index (χ1) is 9.17. The van der Waals surface area contributed by atoms with E-state index < -0.39 is 5.82 Å². The average Bonchev–Trinajstić information content (AvgIpc) is 2.45. The largest absolute Gasteiger partial charge is 0.479 e. The standard InChI is InChI=1S/C13H23FN4O/c1-4-18(5-2)9-7-11(17-15)10-6-8-16-13(19-3)12(10)14/h6,8,11,17H,4-5,7,9,15H2,1-3H3.